The summed E-state index contributed by atoms with van der Waals surface area (Å²) in [7, 11) is -4.54. The van der Waals surface area contributed by atoms with Crippen LogP contribution in [0.4, 0.5) is 0 Å². The van der Waals surface area contributed by atoms with Gasteiger partial charge in [-0.25, -0.2) is 0 Å². The van der Waals surface area contributed by atoms with Crippen LogP contribution in [0.1, 0.15) is 5.56 Å². The van der Waals surface area contributed by atoms with E-state index in [0.717, 1.165) is 5.56 Å². The molecule has 1 N–H and O–H groups in total. The van der Waals surface area contributed by atoms with E-state index in [4.69, 9.17) is 0 Å². The molecule has 2 aromatic rings. The molecule has 0 saturated carbocycles. The fourth-order valence-electron chi connectivity index (χ4n) is 2.56. The fraction of sp³-hybridized carbons (Fsp3) is 0.0625. The molecule has 0 amide bonds. The monoisotopic (exact) mass is 300 g/mol. The molecule has 0 fully saturated rings. The average Bonchev–Trinajstić information content (AvgIpc) is 2.73. The molecule has 0 aliphatic heterocycles. The summed E-state index contributed by atoms with van der Waals surface area (Å²) in [6.07, 6.45) is 0.329. The van der Waals surface area contributed by atoms with E-state index in [1.54, 1.807) is 18.2 Å². The van der Waals surface area contributed by atoms with Crippen LogP contribution in [-0.4, -0.2) is 18.8 Å². The molecule has 0 spiro atoms. The van der Waals surface area contributed by atoms with Crippen LogP contribution in [0.15, 0.2) is 54.6 Å². The summed E-state index contributed by atoms with van der Waals surface area (Å²) >= 11 is 0. The Morgan fingerprint density at radius 3 is 2.05 bits per heavy atom. The van der Waals surface area contributed by atoms with E-state index < -0.39 is 20.8 Å². The second kappa shape index (κ2) is 4.95. The molecule has 0 aromatic heterocycles. The first-order valence-corrected chi connectivity index (χ1v) is 7.81. The van der Waals surface area contributed by atoms with Crippen LogP contribution in [0, 0.1) is 0 Å². The highest BCUT2D eigenvalue weighted by Crippen LogP contribution is 2.19. The molecule has 1 aliphatic rings. The Morgan fingerprint density at radius 2 is 1.43 bits per heavy atom. The van der Waals surface area contributed by atoms with Crippen LogP contribution in [0.3, 0.4) is 0 Å². The van der Waals surface area contributed by atoms with E-state index >= 15 is 0 Å². The third kappa shape index (κ3) is 2.41. The lowest BCUT2D eigenvalue weighted by Crippen LogP contribution is -2.25. The Bertz CT molecular complexity index is 941. The Hall–Kier alpha value is -2.24. The van der Waals surface area contributed by atoms with Gasteiger partial charge in [0, 0.05) is 17.2 Å². The van der Waals surface area contributed by atoms with Gasteiger partial charge in [-0.3, -0.25) is 9.35 Å². The van der Waals surface area contributed by atoms with Gasteiger partial charge in [0.15, 0.2) is 0 Å². The molecule has 2 aromatic carbocycles. The lowest BCUT2D eigenvalue weighted by atomic mass is 10.0. The zero-order valence-electron chi connectivity index (χ0n) is 11.0. The zero-order chi connectivity index (χ0) is 15.0. The van der Waals surface area contributed by atoms with Crippen LogP contribution in [0.2, 0.25) is 0 Å². The fourth-order valence-corrected chi connectivity index (χ4v) is 3.37. The highest BCUT2D eigenvalue weighted by Gasteiger charge is 2.31. The predicted molar refractivity (Wildman–Crippen MR) is 79.2 cm³/mol. The molecule has 0 bridgehead atoms. The zero-order valence-corrected chi connectivity index (χ0v) is 11.8. The maximum atomic E-state index is 12.4. The molecule has 0 saturated heterocycles. The Labute approximate surface area is 121 Å². The minimum absolute atomic E-state index is 0.274. The van der Waals surface area contributed by atoms with Gasteiger partial charge in [0.05, 0.1) is 0 Å². The summed E-state index contributed by atoms with van der Waals surface area (Å²) in [5.74, 6) is -0.623. The van der Waals surface area contributed by atoms with Gasteiger partial charge in [0.1, 0.15) is 4.91 Å². The predicted octanol–water partition coefficient (Wildman–Crippen LogP) is 0.659. The molecule has 5 heteroatoms. The topological polar surface area (TPSA) is 71.4 Å². The molecule has 0 unspecified atom stereocenters. The van der Waals surface area contributed by atoms with Crippen molar-refractivity contribution in [3.05, 3.63) is 70.6 Å². The molecular formula is C16H12O4S. The first-order valence-electron chi connectivity index (χ1n) is 6.37. The van der Waals surface area contributed by atoms with E-state index in [0.29, 0.717) is 17.2 Å². The lowest BCUT2D eigenvalue weighted by Gasteiger charge is -2.03. The van der Waals surface area contributed by atoms with E-state index in [9.17, 15) is 17.8 Å². The van der Waals surface area contributed by atoms with Crippen molar-refractivity contribution in [1.82, 2.24) is 0 Å². The smallest absolute Gasteiger partial charge is 0.288 e. The summed E-state index contributed by atoms with van der Waals surface area (Å²) in [4.78, 5) is 11.9. The number of carbonyl (C=O) groups is 1. The number of ketones is 1. The quantitative estimate of drug-likeness (QED) is 0.845. The molecule has 3 rings (SSSR count). The summed E-state index contributed by atoms with van der Waals surface area (Å²) in [6.45, 7) is 0. The molecule has 1 aliphatic carbocycles. The molecule has 0 atom stereocenters. The lowest BCUT2D eigenvalue weighted by molar-refractivity contribution is -0.108. The van der Waals surface area contributed by atoms with Crippen LogP contribution < -0.4 is 10.4 Å². The van der Waals surface area contributed by atoms with Gasteiger partial charge >= 0.3 is 0 Å². The number of hydrogen-bond acceptors (Lipinski definition) is 3. The maximum Gasteiger partial charge on any atom is 0.299 e. The molecular weight excluding hydrogens is 288 g/mol. The van der Waals surface area contributed by atoms with Crippen molar-refractivity contribution >= 4 is 26.4 Å². The van der Waals surface area contributed by atoms with Crippen LogP contribution in [-0.2, 0) is 21.3 Å². The normalized spacial score (nSPS) is 14.4. The Morgan fingerprint density at radius 1 is 0.857 bits per heavy atom. The summed E-state index contributed by atoms with van der Waals surface area (Å²) in [6, 6.07) is 15.9. The Balaban J connectivity index is 2.26. The van der Waals surface area contributed by atoms with E-state index in [1.165, 1.54) is 6.07 Å². The van der Waals surface area contributed by atoms with Crippen LogP contribution in [0.5, 0.6) is 0 Å². The van der Waals surface area contributed by atoms with Gasteiger partial charge in [-0.05, 0) is 10.8 Å². The Kier molecular flexibility index (Phi) is 3.23. The molecule has 0 heterocycles. The first-order chi connectivity index (χ1) is 9.98. The molecule has 21 heavy (non-hydrogen) atoms. The highest BCUT2D eigenvalue weighted by molar-refractivity contribution is 7.96. The van der Waals surface area contributed by atoms with Gasteiger partial charge in [0.25, 0.3) is 10.1 Å². The summed E-state index contributed by atoms with van der Waals surface area (Å²) < 4.78 is 32.3. The number of carbonyl (C=O) groups excluding carboxylic acids is 1. The van der Waals surface area contributed by atoms with Gasteiger partial charge < -0.3 is 0 Å². The molecule has 0 radical (unpaired) electrons. The van der Waals surface area contributed by atoms with E-state index in [1.807, 2.05) is 30.3 Å². The third-order valence-corrected chi connectivity index (χ3v) is 4.38. The highest BCUT2D eigenvalue weighted by atomic mass is 32.2. The number of benzene rings is 2. The molecule has 106 valence electrons. The van der Waals surface area contributed by atoms with Crippen LogP contribution >= 0.6 is 0 Å². The van der Waals surface area contributed by atoms with Crippen molar-refractivity contribution in [3.8, 4) is 0 Å². The maximum absolute atomic E-state index is 12.4. The summed E-state index contributed by atoms with van der Waals surface area (Å²) in [5, 5.41) is 0.843. The first kappa shape index (κ1) is 13.7. The van der Waals surface area contributed by atoms with Crippen molar-refractivity contribution in [2.45, 2.75) is 6.42 Å². The minimum Gasteiger partial charge on any atom is -0.288 e. The number of Topliss-reactive ketones (excluding diaryl/α,β-unsaturated/α-hetero) is 1. The van der Waals surface area contributed by atoms with Gasteiger partial charge in [0.2, 0.25) is 5.78 Å². The van der Waals surface area contributed by atoms with Crippen LogP contribution in [0.25, 0.3) is 10.5 Å². The van der Waals surface area contributed by atoms with E-state index in [2.05, 4.69) is 0 Å². The van der Waals surface area contributed by atoms with Crippen molar-refractivity contribution in [3.63, 3.8) is 0 Å². The second-order valence-electron chi connectivity index (χ2n) is 4.82. The van der Waals surface area contributed by atoms with Crippen molar-refractivity contribution in [2.75, 3.05) is 0 Å². The third-order valence-electron chi connectivity index (χ3n) is 3.46. The van der Waals surface area contributed by atoms with E-state index in [-0.39, 0.29) is 5.22 Å². The van der Waals surface area contributed by atoms with Crippen molar-refractivity contribution in [1.29, 1.82) is 0 Å². The van der Waals surface area contributed by atoms with Crippen molar-refractivity contribution in [2.24, 2.45) is 0 Å². The number of fused-ring (bicyclic) bond motifs is 1. The second-order valence-corrected chi connectivity index (χ2v) is 6.18. The standard InChI is InChI=1S/C16H12O4S/c17-15-14(10-11-6-2-1-3-7-11)12-8-4-5-9-13(12)16(15)21(18,19)20/h1-9H,10H2,(H,18,19,20). The summed E-state index contributed by atoms with van der Waals surface area (Å²) in [5.41, 5.74) is 1.30. The van der Waals surface area contributed by atoms with Gasteiger partial charge in [-0.1, -0.05) is 54.6 Å². The molecule has 4 nitrogen and oxygen atoms in total. The number of hydrogen-bond donors (Lipinski definition) is 1. The SMILES string of the molecule is O=C1C(Cc2ccccc2)=c2ccccc2=C1S(=O)(=O)O. The number of rotatable bonds is 3. The average molecular weight is 300 g/mol. The van der Waals surface area contributed by atoms with Gasteiger partial charge in [-0.2, -0.15) is 8.42 Å². The van der Waals surface area contributed by atoms with Crippen molar-refractivity contribution < 1.29 is 17.8 Å². The largest absolute Gasteiger partial charge is 0.299 e. The minimum atomic E-state index is -4.54. The van der Waals surface area contributed by atoms with Gasteiger partial charge in [-0.15, -0.1) is 0 Å².